The quantitative estimate of drug-likeness (QED) is 0.708. The number of hydrogen-bond acceptors (Lipinski definition) is 3. The van der Waals surface area contributed by atoms with Crippen LogP contribution in [0.4, 0.5) is 0 Å². The number of rotatable bonds is 5. The van der Waals surface area contributed by atoms with Gasteiger partial charge in [-0.3, -0.25) is 9.59 Å². The summed E-state index contributed by atoms with van der Waals surface area (Å²) >= 11 is 0. The second-order valence-corrected chi connectivity index (χ2v) is 4.25. The number of aromatic amines is 1. The van der Waals surface area contributed by atoms with Crippen molar-refractivity contribution >= 4 is 11.8 Å². The molecule has 0 fully saturated rings. The third-order valence-electron chi connectivity index (χ3n) is 2.70. The molecule has 0 bridgehead atoms. The summed E-state index contributed by atoms with van der Waals surface area (Å²) < 4.78 is 0. The molecule has 0 saturated carbocycles. The van der Waals surface area contributed by atoms with Gasteiger partial charge in [0.15, 0.2) is 0 Å². The summed E-state index contributed by atoms with van der Waals surface area (Å²) in [5.74, 6) is 0.492. The van der Waals surface area contributed by atoms with Crippen molar-refractivity contribution in [3.63, 3.8) is 0 Å². The highest BCUT2D eigenvalue weighted by atomic mass is 16.2. The number of nitrogens with one attached hydrogen (secondary N) is 3. The molecule has 0 atom stereocenters. The van der Waals surface area contributed by atoms with Gasteiger partial charge in [-0.1, -0.05) is 12.1 Å². The maximum atomic E-state index is 11.8. The Morgan fingerprint density at radius 1 is 1.15 bits per heavy atom. The normalized spacial score (nSPS) is 10.1. The van der Waals surface area contributed by atoms with Crippen molar-refractivity contribution in [3.05, 3.63) is 42.2 Å². The smallest absolute Gasteiger partial charge is 0.251 e. The Balaban J connectivity index is 1.89. The summed E-state index contributed by atoms with van der Waals surface area (Å²) in [5.41, 5.74) is 1.49. The zero-order chi connectivity index (χ0) is 14.4. The molecular formula is C14H16N4O2. The Morgan fingerprint density at radius 3 is 2.45 bits per heavy atom. The van der Waals surface area contributed by atoms with Crippen molar-refractivity contribution < 1.29 is 9.59 Å². The molecule has 0 aliphatic carbocycles. The molecule has 2 amide bonds. The van der Waals surface area contributed by atoms with E-state index in [1.54, 1.807) is 24.5 Å². The fourth-order valence-electron chi connectivity index (χ4n) is 1.72. The number of hydrogen-bond donors (Lipinski definition) is 3. The van der Waals surface area contributed by atoms with Crippen LogP contribution in [0.3, 0.4) is 0 Å². The molecule has 1 heterocycles. The average molecular weight is 272 g/mol. The van der Waals surface area contributed by atoms with Crippen LogP contribution < -0.4 is 10.6 Å². The summed E-state index contributed by atoms with van der Waals surface area (Å²) in [6, 6.07) is 7.15. The van der Waals surface area contributed by atoms with Crippen LogP contribution in [-0.2, 0) is 4.79 Å². The Hall–Kier alpha value is -2.63. The molecule has 20 heavy (non-hydrogen) atoms. The van der Waals surface area contributed by atoms with E-state index in [9.17, 15) is 9.59 Å². The fraction of sp³-hybridized carbons (Fsp3) is 0.214. The first-order chi connectivity index (χ1) is 9.66. The van der Waals surface area contributed by atoms with Crippen molar-refractivity contribution in [2.24, 2.45) is 0 Å². The molecular weight excluding hydrogens is 256 g/mol. The van der Waals surface area contributed by atoms with Gasteiger partial charge in [-0.15, -0.1) is 0 Å². The van der Waals surface area contributed by atoms with Crippen LogP contribution in [0.5, 0.6) is 0 Å². The zero-order valence-electron chi connectivity index (χ0n) is 11.1. The Kier molecular flexibility index (Phi) is 4.49. The van der Waals surface area contributed by atoms with Crippen molar-refractivity contribution in [2.75, 3.05) is 13.1 Å². The van der Waals surface area contributed by atoms with Crippen molar-refractivity contribution in [2.45, 2.75) is 6.92 Å². The standard InChI is InChI=1S/C14H16N4O2/c1-10(19)15-6-9-18-14(20)12-4-2-11(3-5-12)13-16-7-8-17-13/h2-5,7-8H,6,9H2,1H3,(H,15,19)(H,16,17)(H,18,20). The van der Waals surface area contributed by atoms with E-state index in [2.05, 4.69) is 20.6 Å². The maximum Gasteiger partial charge on any atom is 0.251 e. The van der Waals surface area contributed by atoms with Gasteiger partial charge in [-0.25, -0.2) is 4.98 Å². The predicted octanol–water partition coefficient (Wildman–Crippen LogP) is 0.943. The molecule has 0 aliphatic rings. The molecule has 0 spiro atoms. The van der Waals surface area contributed by atoms with Gasteiger partial charge in [0.2, 0.25) is 5.91 Å². The summed E-state index contributed by atoms with van der Waals surface area (Å²) in [6.07, 6.45) is 3.43. The molecule has 104 valence electrons. The number of H-pyrrole nitrogens is 1. The molecule has 1 aromatic heterocycles. The molecule has 2 rings (SSSR count). The summed E-state index contributed by atoms with van der Waals surface area (Å²) in [6.45, 7) is 2.26. The van der Waals surface area contributed by atoms with Crippen LogP contribution in [0.25, 0.3) is 11.4 Å². The van der Waals surface area contributed by atoms with E-state index in [0.29, 0.717) is 18.7 Å². The van der Waals surface area contributed by atoms with Crippen molar-refractivity contribution in [1.82, 2.24) is 20.6 Å². The molecule has 0 aliphatic heterocycles. The van der Waals surface area contributed by atoms with E-state index in [-0.39, 0.29) is 11.8 Å². The van der Waals surface area contributed by atoms with Gasteiger partial charge in [-0.2, -0.15) is 0 Å². The highest BCUT2D eigenvalue weighted by Gasteiger charge is 2.06. The lowest BCUT2D eigenvalue weighted by Gasteiger charge is -2.06. The summed E-state index contributed by atoms with van der Waals surface area (Å²) in [7, 11) is 0. The van der Waals surface area contributed by atoms with Crippen LogP contribution in [-0.4, -0.2) is 34.9 Å². The lowest BCUT2D eigenvalue weighted by molar-refractivity contribution is -0.118. The van der Waals surface area contributed by atoms with Gasteiger partial charge in [0, 0.05) is 43.5 Å². The first-order valence-corrected chi connectivity index (χ1v) is 6.29. The maximum absolute atomic E-state index is 11.8. The minimum Gasteiger partial charge on any atom is -0.355 e. The summed E-state index contributed by atoms with van der Waals surface area (Å²) in [5, 5.41) is 5.35. The highest BCUT2D eigenvalue weighted by Crippen LogP contribution is 2.14. The second-order valence-electron chi connectivity index (χ2n) is 4.25. The number of carbonyl (C=O) groups is 2. The Labute approximate surface area is 116 Å². The Morgan fingerprint density at radius 2 is 1.85 bits per heavy atom. The van der Waals surface area contributed by atoms with E-state index in [1.165, 1.54) is 6.92 Å². The first kappa shape index (κ1) is 13.8. The van der Waals surface area contributed by atoms with E-state index < -0.39 is 0 Å². The number of nitrogens with zero attached hydrogens (tertiary/aromatic N) is 1. The van der Waals surface area contributed by atoms with Gasteiger partial charge >= 0.3 is 0 Å². The highest BCUT2D eigenvalue weighted by molar-refractivity contribution is 5.94. The number of amides is 2. The summed E-state index contributed by atoms with van der Waals surface area (Å²) in [4.78, 5) is 29.7. The van der Waals surface area contributed by atoms with Crippen LogP contribution in [0.1, 0.15) is 17.3 Å². The monoisotopic (exact) mass is 272 g/mol. The predicted molar refractivity (Wildman–Crippen MR) is 75.0 cm³/mol. The minimum absolute atomic E-state index is 0.109. The topological polar surface area (TPSA) is 86.9 Å². The third-order valence-corrected chi connectivity index (χ3v) is 2.70. The van der Waals surface area contributed by atoms with Crippen LogP contribution in [0.15, 0.2) is 36.7 Å². The van der Waals surface area contributed by atoms with Gasteiger partial charge in [-0.05, 0) is 12.1 Å². The fourth-order valence-corrected chi connectivity index (χ4v) is 1.72. The second kappa shape index (κ2) is 6.51. The average Bonchev–Trinajstić information content (AvgIpc) is 2.97. The number of aromatic nitrogens is 2. The molecule has 6 nitrogen and oxygen atoms in total. The first-order valence-electron chi connectivity index (χ1n) is 6.29. The van der Waals surface area contributed by atoms with Crippen molar-refractivity contribution in [3.8, 4) is 11.4 Å². The third kappa shape index (κ3) is 3.68. The molecule has 1 aromatic carbocycles. The largest absolute Gasteiger partial charge is 0.355 e. The van der Waals surface area contributed by atoms with Crippen LogP contribution in [0.2, 0.25) is 0 Å². The molecule has 2 aromatic rings. The Bertz CT molecular complexity index is 576. The van der Waals surface area contributed by atoms with E-state index >= 15 is 0 Å². The SMILES string of the molecule is CC(=O)NCCNC(=O)c1ccc(-c2ncc[nH]2)cc1. The molecule has 0 unspecified atom stereocenters. The van der Waals surface area contributed by atoms with Crippen molar-refractivity contribution in [1.29, 1.82) is 0 Å². The lowest BCUT2D eigenvalue weighted by atomic mass is 10.1. The van der Waals surface area contributed by atoms with Crippen LogP contribution in [0, 0.1) is 0 Å². The van der Waals surface area contributed by atoms with Crippen LogP contribution >= 0.6 is 0 Å². The number of imidazole rings is 1. The number of benzene rings is 1. The molecule has 6 heteroatoms. The molecule has 0 radical (unpaired) electrons. The van der Waals surface area contributed by atoms with E-state index in [4.69, 9.17) is 0 Å². The minimum atomic E-state index is -0.165. The van der Waals surface area contributed by atoms with Gasteiger partial charge < -0.3 is 15.6 Å². The van der Waals surface area contributed by atoms with Gasteiger partial charge in [0.05, 0.1) is 0 Å². The molecule has 3 N–H and O–H groups in total. The van der Waals surface area contributed by atoms with Gasteiger partial charge in [0.25, 0.3) is 5.91 Å². The lowest BCUT2D eigenvalue weighted by Crippen LogP contribution is -2.33. The molecule has 0 saturated heterocycles. The van der Waals surface area contributed by atoms with E-state index in [0.717, 1.165) is 11.4 Å². The zero-order valence-corrected chi connectivity index (χ0v) is 11.1. The number of carbonyl (C=O) groups excluding carboxylic acids is 2. The van der Waals surface area contributed by atoms with Gasteiger partial charge in [0.1, 0.15) is 5.82 Å². The van der Waals surface area contributed by atoms with E-state index in [1.807, 2.05) is 12.1 Å².